The minimum absolute atomic E-state index is 0.0926. The molecule has 80 valence electrons. The molecule has 0 aliphatic carbocycles. The van der Waals surface area contributed by atoms with E-state index in [2.05, 4.69) is 10.6 Å². The Labute approximate surface area is 87.1 Å². The van der Waals surface area contributed by atoms with E-state index in [-0.39, 0.29) is 23.1 Å². The van der Waals surface area contributed by atoms with Crippen LogP contribution in [0.3, 0.4) is 0 Å². The summed E-state index contributed by atoms with van der Waals surface area (Å²) >= 11 is 0. The molecule has 0 aromatic heterocycles. The third-order valence-corrected chi connectivity index (χ3v) is 1.86. The number of Topliss-reactive ketones (excluding diaryl/α,β-unsaturated/α-hetero) is 1. The van der Waals surface area contributed by atoms with Gasteiger partial charge in [-0.25, -0.2) is 4.79 Å². The van der Waals surface area contributed by atoms with Gasteiger partial charge in [-0.3, -0.25) is 4.79 Å². The largest absolute Gasteiger partial charge is 0.507 e. The first-order valence-electron chi connectivity index (χ1n) is 4.37. The van der Waals surface area contributed by atoms with Gasteiger partial charge >= 0.3 is 6.03 Å². The number of nitrogens with one attached hydrogen (secondary N) is 2. The average Bonchev–Trinajstić information content (AvgIpc) is 2.20. The van der Waals surface area contributed by atoms with E-state index in [1.54, 1.807) is 0 Å². The number of hydrogen-bond acceptors (Lipinski definition) is 3. The molecule has 0 unspecified atom stereocenters. The number of ketones is 1. The van der Waals surface area contributed by atoms with Crippen molar-refractivity contribution in [2.45, 2.75) is 6.92 Å². The Balaban J connectivity index is 2.97. The van der Waals surface area contributed by atoms with E-state index < -0.39 is 0 Å². The molecule has 5 nitrogen and oxygen atoms in total. The Kier molecular flexibility index (Phi) is 3.28. The maximum atomic E-state index is 11.1. The third-order valence-electron chi connectivity index (χ3n) is 1.86. The highest BCUT2D eigenvalue weighted by atomic mass is 16.3. The number of amides is 2. The van der Waals surface area contributed by atoms with Crippen LogP contribution in [0.5, 0.6) is 5.75 Å². The summed E-state index contributed by atoms with van der Waals surface area (Å²) in [6.07, 6.45) is 0. The molecule has 0 heterocycles. The molecular weight excluding hydrogens is 196 g/mol. The molecule has 5 heteroatoms. The molecule has 1 aromatic carbocycles. The van der Waals surface area contributed by atoms with Gasteiger partial charge in [-0.1, -0.05) is 0 Å². The smallest absolute Gasteiger partial charge is 0.318 e. The van der Waals surface area contributed by atoms with E-state index in [1.807, 2.05) is 0 Å². The topological polar surface area (TPSA) is 78.4 Å². The van der Waals surface area contributed by atoms with Crippen molar-refractivity contribution in [1.82, 2.24) is 5.32 Å². The molecule has 0 spiro atoms. The number of anilines is 1. The lowest BCUT2D eigenvalue weighted by molar-refractivity contribution is 0.101. The zero-order valence-electron chi connectivity index (χ0n) is 8.50. The summed E-state index contributed by atoms with van der Waals surface area (Å²) < 4.78 is 0. The Hall–Kier alpha value is -2.04. The number of carbonyl (C=O) groups excluding carboxylic acids is 2. The first-order chi connectivity index (χ1) is 7.04. The lowest BCUT2D eigenvalue weighted by Gasteiger charge is -2.06. The van der Waals surface area contributed by atoms with Crippen molar-refractivity contribution in [2.75, 3.05) is 12.4 Å². The first-order valence-corrected chi connectivity index (χ1v) is 4.37. The van der Waals surface area contributed by atoms with E-state index >= 15 is 0 Å². The van der Waals surface area contributed by atoms with Gasteiger partial charge in [0.1, 0.15) is 5.75 Å². The van der Waals surface area contributed by atoms with E-state index in [9.17, 15) is 14.7 Å². The molecule has 0 saturated heterocycles. The number of rotatable bonds is 2. The summed E-state index contributed by atoms with van der Waals surface area (Å²) in [6.45, 7) is 1.35. The fourth-order valence-electron chi connectivity index (χ4n) is 1.09. The van der Waals surface area contributed by atoms with Crippen LogP contribution < -0.4 is 10.6 Å². The van der Waals surface area contributed by atoms with Gasteiger partial charge in [0.25, 0.3) is 0 Å². The molecule has 2 amide bonds. The predicted octanol–water partition coefficient (Wildman–Crippen LogP) is 1.35. The van der Waals surface area contributed by atoms with Crippen LogP contribution >= 0.6 is 0 Å². The highest BCUT2D eigenvalue weighted by Gasteiger charge is 2.08. The van der Waals surface area contributed by atoms with Gasteiger partial charge in [-0.05, 0) is 25.1 Å². The average molecular weight is 208 g/mol. The number of phenols is 1. The third kappa shape index (κ3) is 2.70. The van der Waals surface area contributed by atoms with Crippen LogP contribution in [0.15, 0.2) is 18.2 Å². The van der Waals surface area contributed by atoms with Crippen molar-refractivity contribution in [3.63, 3.8) is 0 Å². The maximum Gasteiger partial charge on any atom is 0.318 e. The normalized spacial score (nSPS) is 9.47. The van der Waals surface area contributed by atoms with Crippen molar-refractivity contribution >= 4 is 17.5 Å². The molecule has 0 radical (unpaired) electrons. The molecule has 0 atom stereocenters. The fourth-order valence-corrected chi connectivity index (χ4v) is 1.09. The van der Waals surface area contributed by atoms with Crippen molar-refractivity contribution in [2.24, 2.45) is 0 Å². The van der Waals surface area contributed by atoms with Gasteiger partial charge in [0, 0.05) is 12.7 Å². The lowest BCUT2D eigenvalue weighted by atomic mass is 10.1. The van der Waals surface area contributed by atoms with Crippen LogP contribution in [0.25, 0.3) is 0 Å². The van der Waals surface area contributed by atoms with Crippen molar-refractivity contribution in [3.8, 4) is 5.75 Å². The predicted molar refractivity (Wildman–Crippen MR) is 56.2 cm³/mol. The van der Waals surface area contributed by atoms with Crippen LogP contribution in [0.4, 0.5) is 10.5 Å². The zero-order valence-corrected chi connectivity index (χ0v) is 8.50. The summed E-state index contributed by atoms with van der Waals surface area (Å²) in [5.41, 5.74) is 0.640. The zero-order chi connectivity index (χ0) is 11.4. The molecule has 0 aliphatic heterocycles. The Morgan fingerprint density at radius 2 is 2.00 bits per heavy atom. The summed E-state index contributed by atoms with van der Waals surface area (Å²) in [5, 5.41) is 14.2. The molecule has 0 aliphatic rings. The van der Waals surface area contributed by atoms with Crippen LogP contribution in [0.2, 0.25) is 0 Å². The second kappa shape index (κ2) is 4.45. The number of carbonyl (C=O) groups is 2. The summed E-state index contributed by atoms with van der Waals surface area (Å²) in [4.78, 5) is 22.1. The minimum Gasteiger partial charge on any atom is -0.507 e. The highest BCUT2D eigenvalue weighted by molar-refractivity contribution is 5.99. The molecule has 0 bridgehead atoms. The quantitative estimate of drug-likeness (QED) is 0.507. The van der Waals surface area contributed by atoms with Crippen LogP contribution in [0.1, 0.15) is 17.3 Å². The van der Waals surface area contributed by atoms with E-state index in [4.69, 9.17) is 0 Å². The van der Waals surface area contributed by atoms with Gasteiger partial charge in [0.2, 0.25) is 0 Å². The number of phenolic OH excluding ortho intramolecular Hbond substituents is 1. The Morgan fingerprint density at radius 1 is 1.33 bits per heavy atom. The minimum atomic E-state index is -0.379. The van der Waals surface area contributed by atoms with Gasteiger partial charge in [-0.2, -0.15) is 0 Å². The maximum absolute atomic E-state index is 11.1. The lowest BCUT2D eigenvalue weighted by Crippen LogP contribution is -2.24. The molecule has 3 N–H and O–H groups in total. The van der Waals surface area contributed by atoms with Gasteiger partial charge in [0.05, 0.1) is 5.56 Å². The SMILES string of the molecule is CNC(=O)Nc1ccc(O)c(C(C)=O)c1. The number of hydrogen-bond donors (Lipinski definition) is 3. The van der Waals surface area contributed by atoms with E-state index in [1.165, 1.54) is 32.2 Å². The molecular formula is C10H12N2O3. The molecule has 1 aromatic rings. The molecule has 0 fully saturated rings. The number of urea groups is 1. The Morgan fingerprint density at radius 3 is 2.53 bits per heavy atom. The molecule has 15 heavy (non-hydrogen) atoms. The number of aromatic hydroxyl groups is 1. The van der Waals surface area contributed by atoms with Gasteiger partial charge < -0.3 is 15.7 Å². The second-order valence-electron chi connectivity index (χ2n) is 2.99. The molecule has 0 saturated carbocycles. The van der Waals surface area contributed by atoms with Crippen molar-refractivity contribution < 1.29 is 14.7 Å². The van der Waals surface area contributed by atoms with Crippen molar-refractivity contribution in [1.29, 1.82) is 0 Å². The van der Waals surface area contributed by atoms with Gasteiger partial charge in [0.15, 0.2) is 5.78 Å². The first kappa shape index (κ1) is 11.0. The highest BCUT2D eigenvalue weighted by Crippen LogP contribution is 2.21. The number of benzene rings is 1. The fraction of sp³-hybridized carbons (Fsp3) is 0.200. The van der Waals surface area contributed by atoms with Crippen LogP contribution in [-0.4, -0.2) is 24.0 Å². The van der Waals surface area contributed by atoms with Gasteiger partial charge in [-0.15, -0.1) is 0 Å². The van der Waals surface area contributed by atoms with Crippen LogP contribution in [-0.2, 0) is 0 Å². The summed E-state index contributed by atoms with van der Waals surface area (Å²) in [6, 6.07) is 3.92. The van der Waals surface area contributed by atoms with Crippen LogP contribution in [0, 0.1) is 0 Å². The Bertz CT molecular complexity index is 402. The standard InChI is InChI=1S/C10H12N2O3/c1-6(13)8-5-7(3-4-9(8)14)12-10(15)11-2/h3-5,14H,1-2H3,(H2,11,12,15). The summed E-state index contributed by atoms with van der Waals surface area (Å²) in [5.74, 6) is -0.349. The van der Waals surface area contributed by atoms with E-state index in [0.29, 0.717) is 5.69 Å². The second-order valence-corrected chi connectivity index (χ2v) is 2.99. The monoisotopic (exact) mass is 208 g/mol. The summed E-state index contributed by atoms with van der Waals surface area (Å²) in [7, 11) is 1.49. The van der Waals surface area contributed by atoms with E-state index in [0.717, 1.165) is 0 Å². The molecule has 1 rings (SSSR count). The van der Waals surface area contributed by atoms with Crippen molar-refractivity contribution in [3.05, 3.63) is 23.8 Å².